The van der Waals surface area contributed by atoms with E-state index in [4.69, 9.17) is 0 Å². The van der Waals surface area contributed by atoms with Crippen LogP contribution in [0.4, 0.5) is 4.39 Å². The largest absolute Gasteiger partial charge is 0.316 e. The molecule has 0 aliphatic carbocycles. The van der Waals surface area contributed by atoms with E-state index in [9.17, 15) is 4.39 Å². The molecule has 1 aliphatic rings. The summed E-state index contributed by atoms with van der Waals surface area (Å²) in [7, 11) is 0. The second-order valence-electron chi connectivity index (χ2n) is 3.57. The lowest BCUT2D eigenvalue weighted by Crippen LogP contribution is -2.37. The van der Waals surface area contributed by atoms with Gasteiger partial charge in [-0.15, -0.1) is 0 Å². The molecule has 0 radical (unpaired) electrons. The van der Waals surface area contributed by atoms with Crippen molar-refractivity contribution in [3.05, 3.63) is 0 Å². The van der Waals surface area contributed by atoms with E-state index in [0.717, 1.165) is 25.4 Å². The van der Waals surface area contributed by atoms with E-state index in [0.29, 0.717) is 5.92 Å². The van der Waals surface area contributed by atoms with Gasteiger partial charge >= 0.3 is 0 Å². The maximum atomic E-state index is 12.3. The van der Waals surface area contributed by atoms with Crippen molar-refractivity contribution >= 4 is 0 Å². The molecule has 1 fully saturated rings. The van der Waals surface area contributed by atoms with E-state index in [1.807, 2.05) is 0 Å². The number of nitrogens with one attached hydrogen (secondary N) is 1. The van der Waals surface area contributed by atoms with E-state index in [1.54, 1.807) is 0 Å². The average molecular weight is 159 g/mol. The molecule has 1 nitrogen and oxygen atoms in total. The summed E-state index contributed by atoms with van der Waals surface area (Å²) in [5, 5.41) is 3.28. The second kappa shape index (κ2) is 4.70. The minimum atomic E-state index is -0.146. The zero-order chi connectivity index (χ0) is 8.10. The van der Waals surface area contributed by atoms with Crippen LogP contribution < -0.4 is 5.32 Å². The van der Waals surface area contributed by atoms with Gasteiger partial charge in [0.05, 0.1) is 6.67 Å². The summed E-state index contributed by atoms with van der Waals surface area (Å²) in [6.45, 7) is 4.04. The summed E-state index contributed by atoms with van der Waals surface area (Å²) in [5.74, 6) is 1.02. The molecule has 1 rings (SSSR count). The summed E-state index contributed by atoms with van der Waals surface area (Å²) in [5.41, 5.74) is 0. The zero-order valence-electron chi connectivity index (χ0n) is 7.28. The van der Waals surface area contributed by atoms with E-state index in [1.165, 1.54) is 12.8 Å². The molecule has 0 aromatic rings. The first-order valence-electron chi connectivity index (χ1n) is 4.63. The van der Waals surface area contributed by atoms with Crippen LogP contribution in [0, 0.1) is 11.8 Å². The first-order chi connectivity index (χ1) is 5.36. The highest BCUT2D eigenvalue weighted by molar-refractivity contribution is 4.75. The van der Waals surface area contributed by atoms with Crippen LogP contribution >= 0.6 is 0 Å². The third kappa shape index (κ3) is 2.78. The van der Waals surface area contributed by atoms with Crippen molar-refractivity contribution in [1.82, 2.24) is 5.32 Å². The molecule has 11 heavy (non-hydrogen) atoms. The molecule has 2 unspecified atom stereocenters. The maximum Gasteiger partial charge on any atom is 0.0934 e. The third-order valence-corrected chi connectivity index (χ3v) is 2.45. The Morgan fingerprint density at radius 3 is 2.73 bits per heavy atom. The maximum absolute atomic E-state index is 12.3. The Labute approximate surface area is 68.4 Å². The summed E-state index contributed by atoms with van der Waals surface area (Å²) in [6, 6.07) is 0. The number of rotatable bonds is 3. The van der Waals surface area contributed by atoms with Crippen molar-refractivity contribution in [3.8, 4) is 0 Å². The summed E-state index contributed by atoms with van der Waals surface area (Å²) >= 11 is 0. The Balaban J connectivity index is 2.21. The van der Waals surface area contributed by atoms with Gasteiger partial charge in [0.25, 0.3) is 0 Å². The lowest BCUT2D eigenvalue weighted by Gasteiger charge is -2.27. The van der Waals surface area contributed by atoms with Crippen molar-refractivity contribution in [2.75, 3.05) is 19.8 Å². The molecule has 0 aromatic heterocycles. The average Bonchev–Trinajstić information content (AvgIpc) is 2.06. The molecule has 0 saturated carbocycles. The van der Waals surface area contributed by atoms with Gasteiger partial charge in [-0.2, -0.15) is 0 Å². The highest BCUT2D eigenvalue weighted by atomic mass is 19.1. The molecule has 1 aliphatic heterocycles. The van der Waals surface area contributed by atoms with Crippen LogP contribution in [0.25, 0.3) is 0 Å². The van der Waals surface area contributed by atoms with Crippen molar-refractivity contribution in [2.24, 2.45) is 11.8 Å². The van der Waals surface area contributed by atoms with Crippen molar-refractivity contribution in [1.29, 1.82) is 0 Å². The van der Waals surface area contributed by atoms with Gasteiger partial charge in [-0.25, -0.2) is 0 Å². The standard InChI is InChI=1S/C9H18FN/c1-2-3-8-4-9(5-10)7-11-6-8/h8-9,11H,2-7H2,1H3. The normalized spacial score (nSPS) is 32.2. The molecular formula is C9H18FN. The molecule has 66 valence electrons. The van der Waals surface area contributed by atoms with Crippen LogP contribution in [0.5, 0.6) is 0 Å². The topological polar surface area (TPSA) is 12.0 Å². The molecule has 1 heterocycles. The smallest absolute Gasteiger partial charge is 0.0934 e. The molecule has 0 spiro atoms. The highest BCUT2D eigenvalue weighted by Crippen LogP contribution is 2.20. The number of hydrogen-bond acceptors (Lipinski definition) is 1. The molecule has 0 bridgehead atoms. The monoisotopic (exact) mass is 159 g/mol. The van der Waals surface area contributed by atoms with Gasteiger partial charge in [0.1, 0.15) is 0 Å². The van der Waals surface area contributed by atoms with Crippen LogP contribution in [0.1, 0.15) is 26.2 Å². The van der Waals surface area contributed by atoms with Gasteiger partial charge in [-0.3, -0.25) is 4.39 Å². The molecule has 1 N–H and O–H groups in total. The first kappa shape index (κ1) is 8.98. The predicted molar refractivity (Wildman–Crippen MR) is 45.3 cm³/mol. The van der Waals surface area contributed by atoms with E-state index < -0.39 is 0 Å². The summed E-state index contributed by atoms with van der Waals surface area (Å²) in [4.78, 5) is 0. The molecular weight excluding hydrogens is 141 g/mol. The van der Waals surface area contributed by atoms with Gasteiger partial charge < -0.3 is 5.32 Å². The Bertz CT molecular complexity index is 104. The Kier molecular flexibility index (Phi) is 3.84. The van der Waals surface area contributed by atoms with Gasteiger partial charge in [0.2, 0.25) is 0 Å². The minimum absolute atomic E-state index is 0.146. The van der Waals surface area contributed by atoms with Crippen LogP contribution in [-0.2, 0) is 0 Å². The fourth-order valence-corrected chi connectivity index (χ4v) is 1.88. The SMILES string of the molecule is CCCC1CNCC(CF)C1. The molecule has 1 saturated heterocycles. The lowest BCUT2D eigenvalue weighted by atomic mass is 9.88. The molecule has 2 atom stereocenters. The number of alkyl halides is 1. The third-order valence-electron chi connectivity index (χ3n) is 2.45. The van der Waals surface area contributed by atoms with E-state index in [2.05, 4.69) is 12.2 Å². The van der Waals surface area contributed by atoms with E-state index in [-0.39, 0.29) is 6.67 Å². The highest BCUT2D eigenvalue weighted by Gasteiger charge is 2.20. The Hall–Kier alpha value is -0.110. The molecule has 0 aromatic carbocycles. The zero-order valence-corrected chi connectivity index (χ0v) is 7.28. The summed E-state index contributed by atoms with van der Waals surface area (Å²) in [6.07, 6.45) is 3.58. The fourth-order valence-electron chi connectivity index (χ4n) is 1.88. The quantitative estimate of drug-likeness (QED) is 0.664. The fraction of sp³-hybridized carbons (Fsp3) is 1.00. The van der Waals surface area contributed by atoms with Crippen LogP contribution in [0.15, 0.2) is 0 Å². The van der Waals surface area contributed by atoms with Gasteiger partial charge in [0.15, 0.2) is 0 Å². The van der Waals surface area contributed by atoms with Crippen LogP contribution in [-0.4, -0.2) is 19.8 Å². The van der Waals surface area contributed by atoms with Crippen molar-refractivity contribution in [3.63, 3.8) is 0 Å². The van der Waals surface area contributed by atoms with Crippen LogP contribution in [0.2, 0.25) is 0 Å². The number of hydrogen-bond donors (Lipinski definition) is 1. The molecule has 0 amide bonds. The van der Waals surface area contributed by atoms with Crippen molar-refractivity contribution in [2.45, 2.75) is 26.2 Å². The minimum Gasteiger partial charge on any atom is -0.316 e. The van der Waals surface area contributed by atoms with Gasteiger partial charge in [0, 0.05) is 12.5 Å². The second-order valence-corrected chi connectivity index (χ2v) is 3.57. The van der Waals surface area contributed by atoms with Crippen LogP contribution in [0.3, 0.4) is 0 Å². The van der Waals surface area contributed by atoms with Gasteiger partial charge in [-0.05, 0) is 25.3 Å². The predicted octanol–water partition coefficient (Wildman–Crippen LogP) is 1.98. The van der Waals surface area contributed by atoms with Gasteiger partial charge in [-0.1, -0.05) is 13.3 Å². The molecule has 2 heteroatoms. The Morgan fingerprint density at radius 2 is 2.09 bits per heavy atom. The number of piperidine rings is 1. The number of halogens is 1. The Morgan fingerprint density at radius 1 is 1.36 bits per heavy atom. The van der Waals surface area contributed by atoms with Crippen molar-refractivity contribution < 1.29 is 4.39 Å². The van der Waals surface area contributed by atoms with E-state index >= 15 is 0 Å². The summed E-state index contributed by atoms with van der Waals surface area (Å²) < 4.78 is 12.3. The lowest BCUT2D eigenvalue weighted by molar-refractivity contribution is 0.231. The first-order valence-corrected chi connectivity index (χ1v) is 4.63.